The van der Waals surface area contributed by atoms with E-state index < -0.39 is 21.9 Å². The number of sulfonamides is 1. The van der Waals surface area contributed by atoms with Gasteiger partial charge in [0.25, 0.3) is 0 Å². The van der Waals surface area contributed by atoms with E-state index in [0.29, 0.717) is 0 Å². The topological polar surface area (TPSA) is 71.0 Å². The zero-order chi connectivity index (χ0) is 11.9. The molecule has 1 heterocycles. The molecule has 1 N–H and O–H groups in total. The van der Waals surface area contributed by atoms with E-state index in [1.807, 2.05) is 0 Å². The van der Waals surface area contributed by atoms with Crippen molar-refractivity contribution in [1.29, 1.82) is 0 Å². The molecule has 1 unspecified atom stereocenters. The Labute approximate surface area is 92.1 Å². The number of rotatable bonds is 2. The molecule has 8 heteroatoms. The van der Waals surface area contributed by atoms with E-state index in [4.69, 9.17) is 0 Å². The minimum atomic E-state index is -3.62. The third-order valence-electron chi connectivity index (χ3n) is 2.29. The smallest absolute Gasteiger partial charge is 0.240 e. The highest BCUT2D eigenvalue weighted by Crippen LogP contribution is 2.26. The average molecular weight is 247 g/mol. The van der Waals surface area contributed by atoms with Gasteiger partial charge in [0, 0.05) is 14.1 Å². The first-order valence-corrected chi connectivity index (χ1v) is 5.88. The number of nitrogens with zero attached hydrogens (tertiary/aromatic N) is 2. The van der Waals surface area contributed by atoms with E-state index in [1.54, 1.807) is 0 Å². The molecule has 0 spiro atoms. The number of halogens is 1. The second-order valence-electron chi connectivity index (χ2n) is 3.49. The summed E-state index contributed by atoms with van der Waals surface area (Å²) in [7, 11) is -0.817. The summed E-state index contributed by atoms with van der Waals surface area (Å²) < 4.78 is 38.1. The molecule has 2 rings (SSSR count). The average Bonchev–Trinajstić information content (AvgIpc) is 2.66. The number of fused-ring (bicyclic) bond motifs is 1. The molecule has 0 fully saturated rings. The van der Waals surface area contributed by atoms with Crippen molar-refractivity contribution >= 4 is 15.7 Å². The molecule has 0 aromatic rings. The fourth-order valence-corrected chi connectivity index (χ4v) is 2.51. The summed E-state index contributed by atoms with van der Waals surface area (Å²) in [6.07, 6.45) is 2.26. The Morgan fingerprint density at radius 2 is 2.19 bits per heavy atom. The van der Waals surface area contributed by atoms with Crippen LogP contribution in [0.4, 0.5) is 4.39 Å². The van der Waals surface area contributed by atoms with Gasteiger partial charge < -0.3 is 0 Å². The van der Waals surface area contributed by atoms with Crippen molar-refractivity contribution in [3.63, 3.8) is 0 Å². The van der Waals surface area contributed by atoms with Gasteiger partial charge in [-0.05, 0) is 12.2 Å². The van der Waals surface area contributed by atoms with E-state index in [2.05, 4.69) is 15.6 Å². The van der Waals surface area contributed by atoms with Crippen molar-refractivity contribution in [1.82, 2.24) is 9.79 Å². The van der Waals surface area contributed by atoms with Crippen LogP contribution in [-0.2, 0) is 15.0 Å². The van der Waals surface area contributed by atoms with Crippen molar-refractivity contribution in [3.05, 3.63) is 22.9 Å². The molecule has 0 saturated carbocycles. The van der Waals surface area contributed by atoms with Crippen LogP contribution in [0, 0.1) is 0 Å². The van der Waals surface area contributed by atoms with Crippen molar-refractivity contribution in [2.45, 2.75) is 6.04 Å². The third kappa shape index (κ3) is 1.55. The van der Waals surface area contributed by atoms with Gasteiger partial charge in [0.1, 0.15) is 17.6 Å². The first kappa shape index (κ1) is 11.2. The van der Waals surface area contributed by atoms with E-state index in [-0.39, 0.29) is 10.6 Å². The molecular formula is C8H10FN3O3S. The predicted molar refractivity (Wildman–Crippen MR) is 55.3 cm³/mol. The van der Waals surface area contributed by atoms with Gasteiger partial charge >= 0.3 is 0 Å². The molecule has 0 bridgehead atoms. The highest BCUT2D eigenvalue weighted by molar-refractivity contribution is 7.93. The second-order valence-corrected chi connectivity index (χ2v) is 5.64. The van der Waals surface area contributed by atoms with Gasteiger partial charge in [-0.3, -0.25) is 4.94 Å². The summed E-state index contributed by atoms with van der Waals surface area (Å²) in [6.45, 7) is 0. The Balaban J connectivity index is 2.48. The van der Waals surface area contributed by atoms with Gasteiger partial charge in [0.15, 0.2) is 0 Å². The maximum Gasteiger partial charge on any atom is 0.240 e. The highest BCUT2D eigenvalue weighted by atomic mass is 32.2. The second kappa shape index (κ2) is 3.65. The quantitative estimate of drug-likeness (QED) is 0.739. The minimum absolute atomic E-state index is 0.00940. The van der Waals surface area contributed by atoms with Gasteiger partial charge in [-0.15, -0.1) is 5.48 Å². The molecule has 1 atom stereocenters. The van der Waals surface area contributed by atoms with Gasteiger partial charge in [0.2, 0.25) is 10.0 Å². The lowest BCUT2D eigenvalue weighted by Crippen LogP contribution is -2.40. The summed E-state index contributed by atoms with van der Waals surface area (Å²) in [5.74, 6) is -0.604. The Kier molecular flexibility index (Phi) is 2.56. The van der Waals surface area contributed by atoms with Crippen molar-refractivity contribution in [2.75, 3.05) is 14.1 Å². The molecule has 1 aliphatic carbocycles. The zero-order valence-corrected chi connectivity index (χ0v) is 9.45. The number of nitrogens with one attached hydrogen (secondary N) is 1. The summed E-state index contributed by atoms with van der Waals surface area (Å²) >= 11 is 0. The molecule has 16 heavy (non-hydrogen) atoms. The molecule has 0 amide bonds. The molecule has 0 saturated heterocycles. The maximum atomic E-state index is 13.3. The highest BCUT2D eigenvalue weighted by Gasteiger charge is 2.39. The largest absolute Gasteiger partial charge is 0.298 e. The molecule has 0 aromatic heterocycles. The molecule has 6 nitrogen and oxygen atoms in total. The molecule has 2 aliphatic rings. The Morgan fingerprint density at radius 1 is 1.50 bits per heavy atom. The van der Waals surface area contributed by atoms with Crippen LogP contribution in [-0.4, -0.2) is 38.6 Å². The van der Waals surface area contributed by atoms with Crippen LogP contribution in [0.3, 0.4) is 0 Å². The van der Waals surface area contributed by atoms with Crippen LogP contribution >= 0.6 is 0 Å². The van der Waals surface area contributed by atoms with Gasteiger partial charge in [-0.2, -0.15) is 0 Å². The zero-order valence-electron chi connectivity index (χ0n) is 8.64. The SMILES string of the molecule is CN(C)S(=O)(=O)C1=CC=C(F)C2=NONC12. The van der Waals surface area contributed by atoms with Crippen LogP contribution in [0.1, 0.15) is 0 Å². The number of hydrogen-bond donors (Lipinski definition) is 1. The van der Waals surface area contributed by atoms with Crippen molar-refractivity contribution in [2.24, 2.45) is 5.16 Å². The molecular weight excluding hydrogens is 237 g/mol. The number of allylic oxidation sites excluding steroid dienone is 2. The van der Waals surface area contributed by atoms with Crippen molar-refractivity contribution in [3.8, 4) is 0 Å². The third-order valence-corrected chi connectivity index (χ3v) is 4.22. The Hall–Kier alpha value is -1.25. The van der Waals surface area contributed by atoms with Crippen LogP contribution in [0.2, 0.25) is 0 Å². The first-order chi connectivity index (χ1) is 7.44. The lowest BCUT2D eigenvalue weighted by Gasteiger charge is -2.20. The normalized spacial score (nSPS) is 24.5. The lowest BCUT2D eigenvalue weighted by molar-refractivity contribution is 0.0664. The summed E-state index contributed by atoms with van der Waals surface area (Å²) in [4.78, 5) is 4.51. The van der Waals surface area contributed by atoms with E-state index >= 15 is 0 Å². The van der Waals surface area contributed by atoms with Crippen LogP contribution in [0.15, 0.2) is 28.0 Å². The first-order valence-electron chi connectivity index (χ1n) is 4.44. The minimum Gasteiger partial charge on any atom is -0.298 e. The van der Waals surface area contributed by atoms with E-state index in [0.717, 1.165) is 10.4 Å². The van der Waals surface area contributed by atoms with Crippen LogP contribution < -0.4 is 5.48 Å². The Morgan fingerprint density at radius 3 is 2.81 bits per heavy atom. The van der Waals surface area contributed by atoms with Crippen LogP contribution in [0.5, 0.6) is 0 Å². The fraction of sp³-hybridized carbons (Fsp3) is 0.375. The van der Waals surface area contributed by atoms with Gasteiger partial charge in [0.05, 0.1) is 4.91 Å². The predicted octanol–water partition coefficient (Wildman–Crippen LogP) is -0.112. The molecule has 88 valence electrons. The van der Waals surface area contributed by atoms with Crippen molar-refractivity contribution < 1.29 is 17.7 Å². The standard InChI is InChI=1S/C8H10FN3O3S/c1-12(2)16(13,14)6-4-3-5(9)7-8(6)11-15-10-7/h3-4,8,11H,1-2H3. The number of hydroxylamine groups is 1. The molecule has 0 radical (unpaired) electrons. The summed E-state index contributed by atoms with van der Waals surface area (Å²) in [5.41, 5.74) is 2.29. The lowest BCUT2D eigenvalue weighted by atomic mass is 10.1. The monoisotopic (exact) mass is 247 g/mol. The summed E-state index contributed by atoms with van der Waals surface area (Å²) in [5, 5.41) is 3.40. The number of hydrogen-bond acceptors (Lipinski definition) is 5. The fourth-order valence-electron chi connectivity index (χ4n) is 1.39. The van der Waals surface area contributed by atoms with Gasteiger partial charge in [-0.25, -0.2) is 17.1 Å². The Bertz CT molecular complexity index is 507. The summed E-state index contributed by atoms with van der Waals surface area (Å²) in [6, 6.07) is -0.877. The van der Waals surface area contributed by atoms with Gasteiger partial charge in [-0.1, -0.05) is 5.16 Å². The van der Waals surface area contributed by atoms with E-state index in [9.17, 15) is 12.8 Å². The molecule has 1 aliphatic heterocycles. The number of oxime groups is 1. The molecule has 0 aromatic carbocycles. The van der Waals surface area contributed by atoms with E-state index in [1.165, 1.54) is 20.2 Å². The maximum absolute atomic E-state index is 13.3. The van der Waals surface area contributed by atoms with Crippen LogP contribution in [0.25, 0.3) is 0 Å².